The van der Waals surface area contributed by atoms with Crippen molar-refractivity contribution in [1.82, 2.24) is 0 Å². The van der Waals surface area contributed by atoms with Gasteiger partial charge in [-0.1, -0.05) is 25.6 Å². The zero-order chi connectivity index (χ0) is 14.7. The van der Waals surface area contributed by atoms with Crippen molar-refractivity contribution < 1.29 is 4.74 Å². The molecule has 20 heavy (non-hydrogen) atoms. The molecule has 0 aliphatic carbocycles. The lowest BCUT2D eigenvalue weighted by atomic mass is 10.0. The molecule has 0 bridgehead atoms. The summed E-state index contributed by atoms with van der Waals surface area (Å²) in [7, 11) is 1.72. The number of hydrogen-bond donors (Lipinski definition) is 1. The van der Waals surface area contributed by atoms with Crippen LogP contribution in [0, 0.1) is 6.92 Å². The Kier molecular flexibility index (Phi) is 4.61. The van der Waals surface area contributed by atoms with Gasteiger partial charge in [-0.3, -0.25) is 0 Å². The molecule has 0 aliphatic heterocycles. The highest BCUT2D eigenvalue weighted by atomic mass is 32.2. The third kappa shape index (κ3) is 3.28. The first-order valence-electron chi connectivity index (χ1n) is 6.73. The quantitative estimate of drug-likeness (QED) is 0.816. The summed E-state index contributed by atoms with van der Waals surface area (Å²) in [6, 6.07) is 12.4. The minimum Gasteiger partial charge on any atom is -0.496 e. The number of aryl methyl sites for hydroxylation is 1. The first kappa shape index (κ1) is 14.8. The van der Waals surface area contributed by atoms with Crippen molar-refractivity contribution >= 4 is 17.4 Å². The molecule has 0 unspecified atom stereocenters. The van der Waals surface area contributed by atoms with Crippen molar-refractivity contribution in [1.29, 1.82) is 0 Å². The van der Waals surface area contributed by atoms with Gasteiger partial charge in [-0.25, -0.2) is 0 Å². The van der Waals surface area contributed by atoms with Crippen LogP contribution in [-0.4, -0.2) is 7.11 Å². The largest absolute Gasteiger partial charge is 0.496 e. The van der Waals surface area contributed by atoms with Crippen molar-refractivity contribution in [3.8, 4) is 5.75 Å². The molecular weight excluding hydrogens is 266 g/mol. The number of hydrogen-bond acceptors (Lipinski definition) is 3. The Labute approximate surface area is 125 Å². The maximum atomic E-state index is 5.80. The highest BCUT2D eigenvalue weighted by molar-refractivity contribution is 7.99. The molecule has 0 saturated carbocycles. The topological polar surface area (TPSA) is 35.2 Å². The van der Waals surface area contributed by atoms with Crippen molar-refractivity contribution in [2.75, 3.05) is 12.8 Å². The molecule has 106 valence electrons. The third-order valence-electron chi connectivity index (χ3n) is 3.25. The average molecular weight is 287 g/mol. The second kappa shape index (κ2) is 6.23. The monoisotopic (exact) mass is 287 g/mol. The lowest BCUT2D eigenvalue weighted by Crippen LogP contribution is -1.94. The Morgan fingerprint density at radius 3 is 2.45 bits per heavy atom. The average Bonchev–Trinajstić information content (AvgIpc) is 2.41. The van der Waals surface area contributed by atoms with E-state index in [2.05, 4.69) is 39.0 Å². The van der Waals surface area contributed by atoms with Crippen LogP contribution in [0.3, 0.4) is 0 Å². The third-order valence-corrected chi connectivity index (χ3v) is 4.42. The fourth-order valence-corrected chi connectivity index (χ4v) is 3.07. The number of anilines is 1. The molecule has 0 saturated heterocycles. The molecule has 0 radical (unpaired) electrons. The van der Waals surface area contributed by atoms with Gasteiger partial charge in [0.15, 0.2) is 0 Å². The smallest absolute Gasteiger partial charge is 0.122 e. The van der Waals surface area contributed by atoms with E-state index >= 15 is 0 Å². The summed E-state index contributed by atoms with van der Waals surface area (Å²) >= 11 is 1.76. The lowest BCUT2D eigenvalue weighted by Gasteiger charge is -2.14. The summed E-state index contributed by atoms with van der Waals surface area (Å²) in [6.45, 7) is 6.45. The molecule has 0 atom stereocenters. The lowest BCUT2D eigenvalue weighted by molar-refractivity contribution is 0.407. The molecule has 2 N–H and O–H groups in total. The first-order chi connectivity index (χ1) is 9.51. The summed E-state index contributed by atoms with van der Waals surface area (Å²) in [5.41, 5.74) is 9.05. The van der Waals surface area contributed by atoms with Crippen LogP contribution >= 0.6 is 11.8 Å². The number of benzene rings is 2. The summed E-state index contributed by atoms with van der Waals surface area (Å²) in [5.74, 6) is 1.40. The molecule has 0 heterocycles. The number of ether oxygens (including phenoxy) is 1. The van der Waals surface area contributed by atoms with E-state index in [-0.39, 0.29) is 0 Å². The zero-order valence-electron chi connectivity index (χ0n) is 12.4. The maximum absolute atomic E-state index is 5.80. The Hall–Kier alpha value is -1.61. The van der Waals surface area contributed by atoms with E-state index in [1.54, 1.807) is 18.9 Å². The molecule has 0 aromatic heterocycles. The standard InChI is InChI=1S/C17H21NOS/c1-11(2)15-10-14(6-7-16(15)19-4)20-17-8-5-13(18)9-12(17)3/h5-11H,18H2,1-4H3. The van der Waals surface area contributed by atoms with Gasteiger partial charge in [-0.2, -0.15) is 0 Å². The van der Waals surface area contributed by atoms with Crippen LogP contribution in [0.1, 0.15) is 30.9 Å². The fraction of sp³-hybridized carbons (Fsp3) is 0.294. The Morgan fingerprint density at radius 1 is 1.10 bits per heavy atom. The van der Waals surface area contributed by atoms with Crippen LogP contribution in [0.25, 0.3) is 0 Å². The van der Waals surface area contributed by atoms with Gasteiger partial charge >= 0.3 is 0 Å². The van der Waals surface area contributed by atoms with E-state index in [4.69, 9.17) is 10.5 Å². The number of nitrogens with two attached hydrogens (primary N) is 1. The van der Waals surface area contributed by atoms with Gasteiger partial charge in [0.05, 0.1) is 7.11 Å². The zero-order valence-corrected chi connectivity index (χ0v) is 13.3. The molecule has 0 amide bonds. The van der Waals surface area contributed by atoms with E-state index in [9.17, 15) is 0 Å². The molecule has 3 heteroatoms. The maximum Gasteiger partial charge on any atom is 0.122 e. The van der Waals surface area contributed by atoms with Crippen LogP contribution in [-0.2, 0) is 0 Å². The van der Waals surface area contributed by atoms with Gasteiger partial charge in [0, 0.05) is 15.5 Å². The van der Waals surface area contributed by atoms with Gasteiger partial charge in [-0.15, -0.1) is 0 Å². The predicted octanol–water partition coefficient (Wildman–Crippen LogP) is 4.86. The van der Waals surface area contributed by atoms with Gasteiger partial charge in [0.25, 0.3) is 0 Å². The second-order valence-corrected chi connectivity index (χ2v) is 6.30. The Morgan fingerprint density at radius 2 is 1.85 bits per heavy atom. The molecule has 2 aromatic carbocycles. The molecule has 2 nitrogen and oxygen atoms in total. The van der Waals surface area contributed by atoms with Gasteiger partial charge < -0.3 is 10.5 Å². The fourth-order valence-electron chi connectivity index (χ4n) is 2.14. The van der Waals surface area contributed by atoms with Crippen LogP contribution in [0.5, 0.6) is 5.75 Å². The second-order valence-electron chi connectivity index (χ2n) is 5.19. The molecular formula is C17H21NOS. The van der Waals surface area contributed by atoms with Gasteiger partial charge in [-0.05, 0) is 60.4 Å². The van der Waals surface area contributed by atoms with E-state index in [0.717, 1.165) is 11.4 Å². The van der Waals surface area contributed by atoms with Crippen LogP contribution in [0.2, 0.25) is 0 Å². The number of nitrogen functional groups attached to an aromatic ring is 1. The highest BCUT2D eigenvalue weighted by Gasteiger charge is 2.10. The SMILES string of the molecule is COc1ccc(Sc2ccc(N)cc2C)cc1C(C)C. The van der Waals surface area contributed by atoms with E-state index in [0.29, 0.717) is 5.92 Å². The van der Waals surface area contributed by atoms with Crippen molar-refractivity contribution in [3.05, 3.63) is 47.5 Å². The van der Waals surface area contributed by atoms with Gasteiger partial charge in [0.1, 0.15) is 5.75 Å². The molecule has 0 spiro atoms. The van der Waals surface area contributed by atoms with Crippen LogP contribution < -0.4 is 10.5 Å². The van der Waals surface area contributed by atoms with Gasteiger partial charge in [0.2, 0.25) is 0 Å². The highest BCUT2D eigenvalue weighted by Crippen LogP contribution is 2.35. The molecule has 0 fully saturated rings. The molecule has 2 rings (SSSR count). The van der Waals surface area contributed by atoms with E-state index in [1.807, 2.05) is 18.2 Å². The summed E-state index contributed by atoms with van der Waals surface area (Å²) < 4.78 is 5.43. The summed E-state index contributed by atoms with van der Waals surface area (Å²) in [5, 5.41) is 0. The molecule has 0 aliphatic rings. The Balaban J connectivity index is 2.32. The first-order valence-corrected chi connectivity index (χ1v) is 7.55. The minimum atomic E-state index is 0.443. The summed E-state index contributed by atoms with van der Waals surface area (Å²) in [6.07, 6.45) is 0. The Bertz CT molecular complexity index is 608. The number of rotatable bonds is 4. The number of methoxy groups -OCH3 is 1. The van der Waals surface area contributed by atoms with E-state index in [1.165, 1.54) is 20.9 Å². The normalized spacial score (nSPS) is 10.8. The summed E-state index contributed by atoms with van der Waals surface area (Å²) in [4.78, 5) is 2.46. The van der Waals surface area contributed by atoms with Crippen molar-refractivity contribution in [2.24, 2.45) is 0 Å². The van der Waals surface area contributed by atoms with Crippen molar-refractivity contribution in [2.45, 2.75) is 36.5 Å². The van der Waals surface area contributed by atoms with Crippen molar-refractivity contribution in [3.63, 3.8) is 0 Å². The van der Waals surface area contributed by atoms with E-state index < -0.39 is 0 Å². The molecule has 2 aromatic rings. The van der Waals surface area contributed by atoms with Crippen LogP contribution in [0.15, 0.2) is 46.2 Å². The minimum absolute atomic E-state index is 0.443. The predicted molar refractivity (Wildman–Crippen MR) is 86.8 cm³/mol. The van der Waals surface area contributed by atoms with Crippen LogP contribution in [0.4, 0.5) is 5.69 Å².